The van der Waals surface area contributed by atoms with Crippen LogP contribution in [0.2, 0.25) is 0 Å². The Morgan fingerprint density at radius 1 is 0.917 bits per heavy atom. The highest BCUT2D eigenvalue weighted by Gasteiger charge is 2.24. The maximum atomic E-state index is 13.1. The lowest BCUT2D eigenvalue weighted by Gasteiger charge is -2.30. The van der Waals surface area contributed by atoms with Crippen LogP contribution < -0.4 is 15.4 Å². The summed E-state index contributed by atoms with van der Waals surface area (Å²) in [7, 11) is 0. The number of aromatic nitrogens is 2. The minimum atomic E-state index is -0.150. The first kappa shape index (κ1) is 25.5. The molecule has 1 fully saturated rings. The minimum Gasteiger partial charge on any atom is -0.438 e. The molecule has 0 unspecified atom stereocenters. The minimum absolute atomic E-state index is 0. The number of hydrogen-bond acceptors (Lipinski definition) is 5. The number of aryl methyl sites for hydroxylation is 2. The Bertz CT molecular complexity index is 1330. The summed E-state index contributed by atoms with van der Waals surface area (Å²) in [6.07, 6.45) is 5.39. The fourth-order valence-electron chi connectivity index (χ4n) is 4.64. The number of benzene rings is 2. The van der Waals surface area contributed by atoms with Crippen molar-refractivity contribution in [2.75, 3.05) is 5.32 Å². The second-order valence-electron chi connectivity index (χ2n) is 9.28. The molecule has 1 saturated carbocycles. The molecule has 2 heterocycles. The highest BCUT2D eigenvalue weighted by Crippen LogP contribution is 2.27. The fourth-order valence-corrected chi connectivity index (χ4v) is 4.64. The van der Waals surface area contributed by atoms with Crippen molar-refractivity contribution >= 4 is 35.0 Å². The summed E-state index contributed by atoms with van der Waals surface area (Å²) in [5.41, 5.74) is 3.83. The molecule has 36 heavy (non-hydrogen) atoms. The number of carbonyl (C=O) groups excluding carboxylic acids is 1. The van der Waals surface area contributed by atoms with Crippen LogP contribution >= 0.6 is 12.4 Å². The molecule has 0 bridgehead atoms. The van der Waals surface area contributed by atoms with Crippen molar-refractivity contribution in [3.63, 3.8) is 0 Å². The Kier molecular flexibility index (Phi) is 8.06. The third kappa shape index (κ3) is 5.94. The number of ether oxygens (including phenoxy) is 1. The molecule has 1 aliphatic rings. The van der Waals surface area contributed by atoms with Gasteiger partial charge in [-0.05, 0) is 81.5 Å². The van der Waals surface area contributed by atoms with Crippen LogP contribution in [0.4, 0.5) is 5.82 Å². The average molecular weight is 503 g/mol. The molecule has 0 saturated heterocycles. The van der Waals surface area contributed by atoms with Gasteiger partial charge in [0.15, 0.2) is 0 Å². The van der Waals surface area contributed by atoms with E-state index in [4.69, 9.17) is 9.72 Å². The van der Waals surface area contributed by atoms with Crippen LogP contribution in [-0.2, 0) is 0 Å². The van der Waals surface area contributed by atoms with E-state index < -0.39 is 0 Å². The smallest absolute Gasteiger partial charge is 0.257 e. The van der Waals surface area contributed by atoms with Crippen LogP contribution in [0.3, 0.4) is 0 Å². The largest absolute Gasteiger partial charge is 0.438 e. The van der Waals surface area contributed by atoms with Gasteiger partial charge in [0.1, 0.15) is 17.1 Å². The van der Waals surface area contributed by atoms with Crippen molar-refractivity contribution in [3.05, 3.63) is 89.6 Å². The van der Waals surface area contributed by atoms with Gasteiger partial charge in [-0.3, -0.25) is 4.79 Å². The third-order valence-electron chi connectivity index (χ3n) is 6.59. The van der Waals surface area contributed by atoms with Crippen LogP contribution in [0.5, 0.6) is 11.6 Å². The van der Waals surface area contributed by atoms with E-state index in [1.54, 1.807) is 18.3 Å². The molecule has 2 aromatic heterocycles. The maximum Gasteiger partial charge on any atom is 0.257 e. The van der Waals surface area contributed by atoms with Gasteiger partial charge in [-0.25, -0.2) is 9.97 Å². The molecule has 2 N–H and O–H groups in total. The number of hydrogen-bond donors (Lipinski definition) is 2. The molecule has 1 aliphatic carbocycles. The predicted octanol–water partition coefficient (Wildman–Crippen LogP) is 6.61. The number of amides is 1. The molecule has 0 atom stereocenters. The normalized spacial score (nSPS) is 17.2. The number of anilines is 1. The molecule has 0 spiro atoms. The lowest BCUT2D eigenvalue weighted by Crippen LogP contribution is -2.40. The molecule has 6 nitrogen and oxygen atoms in total. The van der Waals surface area contributed by atoms with Crippen molar-refractivity contribution in [1.29, 1.82) is 0 Å². The highest BCUT2D eigenvalue weighted by molar-refractivity contribution is 5.96. The summed E-state index contributed by atoms with van der Waals surface area (Å²) in [5, 5.41) is 7.98. The second kappa shape index (κ2) is 11.4. The van der Waals surface area contributed by atoms with Gasteiger partial charge in [-0.2, -0.15) is 0 Å². The van der Waals surface area contributed by atoms with Crippen LogP contribution in [0.15, 0.2) is 72.9 Å². The SMILES string of the molecule is Cc1ccc(Oc2ncccc2C(=O)NC2CCC(Nc3cc(C)c4ccccc4n3)CC2)cc1.Cl. The molecule has 4 aromatic rings. The van der Waals surface area contributed by atoms with E-state index in [-0.39, 0.29) is 24.4 Å². The summed E-state index contributed by atoms with van der Waals surface area (Å²) in [4.78, 5) is 22.1. The Morgan fingerprint density at radius 3 is 2.42 bits per heavy atom. The number of para-hydroxylation sites is 1. The molecule has 7 heteroatoms. The summed E-state index contributed by atoms with van der Waals surface area (Å²) in [6.45, 7) is 4.14. The number of rotatable bonds is 6. The average Bonchev–Trinajstić information content (AvgIpc) is 2.87. The fraction of sp³-hybridized carbons (Fsp3) is 0.276. The molecule has 1 amide bonds. The lowest BCUT2D eigenvalue weighted by molar-refractivity contribution is 0.0923. The molecule has 0 aliphatic heterocycles. The monoisotopic (exact) mass is 502 g/mol. The van der Waals surface area contributed by atoms with Gasteiger partial charge in [0.25, 0.3) is 5.91 Å². The molecular formula is C29H31ClN4O2. The summed E-state index contributed by atoms with van der Waals surface area (Å²) >= 11 is 0. The van der Waals surface area contributed by atoms with Crippen LogP contribution in [-0.4, -0.2) is 28.0 Å². The summed E-state index contributed by atoms with van der Waals surface area (Å²) in [5.74, 6) is 1.75. The standard InChI is InChI=1S/C29H30N4O2.ClH/c1-19-9-15-23(16-10-19)35-29-25(7-5-17-30-29)28(34)32-22-13-11-21(12-14-22)31-27-18-20(2)24-6-3-4-8-26(24)33-27;/h3-10,15-18,21-22H,11-14H2,1-2H3,(H,31,33)(H,32,34);1H. The van der Waals surface area contributed by atoms with E-state index in [2.05, 4.69) is 40.7 Å². The second-order valence-corrected chi connectivity index (χ2v) is 9.28. The number of fused-ring (bicyclic) bond motifs is 1. The van der Waals surface area contributed by atoms with Crippen molar-refractivity contribution in [2.45, 2.75) is 51.6 Å². The van der Waals surface area contributed by atoms with Gasteiger partial charge in [-0.1, -0.05) is 35.9 Å². The zero-order chi connectivity index (χ0) is 24.2. The van der Waals surface area contributed by atoms with Gasteiger partial charge in [0, 0.05) is 23.7 Å². The highest BCUT2D eigenvalue weighted by atomic mass is 35.5. The number of halogens is 1. The predicted molar refractivity (Wildman–Crippen MR) is 146 cm³/mol. The van der Waals surface area contributed by atoms with Gasteiger partial charge in [0.2, 0.25) is 5.88 Å². The number of nitrogens with zero attached hydrogens (tertiary/aromatic N) is 2. The lowest BCUT2D eigenvalue weighted by atomic mass is 9.91. The van der Waals surface area contributed by atoms with E-state index in [0.717, 1.165) is 42.6 Å². The summed E-state index contributed by atoms with van der Waals surface area (Å²) in [6, 6.07) is 22.0. The Morgan fingerprint density at radius 2 is 1.64 bits per heavy atom. The first-order valence-electron chi connectivity index (χ1n) is 12.2. The quantitative estimate of drug-likeness (QED) is 0.310. The van der Waals surface area contributed by atoms with Crippen molar-refractivity contribution in [3.8, 4) is 11.6 Å². The van der Waals surface area contributed by atoms with Crippen LogP contribution in [0.25, 0.3) is 10.9 Å². The van der Waals surface area contributed by atoms with Crippen molar-refractivity contribution < 1.29 is 9.53 Å². The van der Waals surface area contributed by atoms with Gasteiger partial charge in [-0.15, -0.1) is 12.4 Å². The molecular weight excluding hydrogens is 472 g/mol. The van der Waals surface area contributed by atoms with E-state index in [9.17, 15) is 4.79 Å². The molecule has 5 rings (SSSR count). The zero-order valence-electron chi connectivity index (χ0n) is 20.5. The molecule has 2 aromatic carbocycles. The van der Waals surface area contributed by atoms with Gasteiger partial charge in [0.05, 0.1) is 5.52 Å². The van der Waals surface area contributed by atoms with Crippen molar-refractivity contribution in [2.24, 2.45) is 0 Å². The van der Waals surface area contributed by atoms with Gasteiger partial charge < -0.3 is 15.4 Å². The first-order valence-corrected chi connectivity index (χ1v) is 12.2. The topological polar surface area (TPSA) is 76.1 Å². The Hall–Kier alpha value is -3.64. The van der Waals surface area contributed by atoms with E-state index in [1.165, 1.54) is 10.9 Å². The summed E-state index contributed by atoms with van der Waals surface area (Å²) < 4.78 is 5.91. The molecule has 186 valence electrons. The molecule has 0 radical (unpaired) electrons. The maximum absolute atomic E-state index is 13.1. The van der Waals surface area contributed by atoms with Crippen LogP contribution in [0, 0.1) is 13.8 Å². The zero-order valence-corrected chi connectivity index (χ0v) is 21.3. The van der Waals surface area contributed by atoms with Crippen LogP contribution in [0.1, 0.15) is 47.2 Å². The number of nitrogens with one attached hydrogen (secondary N) is 2. The Labute approximate surface area is 217 Å². The van der Waals surface area contributed by atoms with Crippen molar-refractivity contribution in [1.82, 2.24) is 15.3 Å². The third-order valence-corrected chi connectivity index (χ3v) is 6.59. The van der Waals surface area contributed by atoms with E-state index in [1.807, 2.05) is 43.3 Å². The van der Waals surface area contributed by atoms with E-state index in [0.29, 0.717) is 23.2 Å². The number of pyridine rings is 2. The van der Waals surface area contributed by atoms with Gasteiger partial charge >= 0.3 is 0 Å². The Balaban J connectivity index is 0.00000304. The first-order chi connectivity index (χ1) is 17.0. The number of carbonyl (C=O) groups is 1. The van der Waals surface area contributed by atoms with E-state index >= 15 is 0 Å².